The average Bonchev–Trinajstić information content (AvgIpc) is 2.63. The Balaban J connectivity index is 2.31. The first kappa shape index (κ1) is 9.97. The first-order valence-electron chi connectivity index (χ1n) is 5.44. The van der Waals surface area contributed by atoms with Crippen molar-refractivity contribution in [2.24, 2.45) is 11.8 Å². The molecule has 3 atom stereocenters. The van der Waals surface area contributed by atoms with Gasteiger partial charge >= 0.3 is 5.97 Å². The van der Waals surface area contributed by atoms with Crippen molar-refractivity contribution < 1.29 is 9.53 Å². The topological polar surface area (TPSA) is 29.5 Å². The molecule has 0 amide bonds. The van der Waals surface area contributed by atoms with Crippen molar-refractivity contribution in [3.63, 3.8) is 0 Å². The molecule has 0 aromatic rings. The van der Waals surface area contributed by atoms with E-state index in [9.17, 15) is 4.79 Å². The second kappa shape index (κ2) is 3.23. The van der Waals surface area contributed by atoms with Crippen LogP contribution in [0.4, 0.5) is 0 Å². The van der Waals surface area contributed by atoms with Crippen LogP contribution in [0, 0.1) is 11.8 Å². The van der Waals surface area contributed by atoms with E-state index in [1.165, 1.54) is 7.11 Å². The van der Waals surface area contributed by atoms with Crippen molar-refractivity contribution in [1.82, 2.24) is 4.90 Å². The van der Waals surface area contributed by atoms with Crippen LogP contribution in [0.25, 0.3) is 0 Å². The molecular weight excluding hydrogens is 178 g/mol. The fourth-order valence-corrected chi connectivity index (χ4v) is 3.25. The third-order valence-corrected chi connectivity index (χ3v) is 3.94. The van der Waals surface area contributed by atoms with Gasteiger partial charge in [-0.25, -0.2) is 0 Å². The molecule has 3 nitrogen and oxygen atoms in total. The summed E-state index contributed by atoms with van der Waals surface area (Å²) in [6, 6.07) is 0. The lowest BCUT2D eigenvalue weighted by Gasteiger charge is -2.32. The summed E-state index contributed by atoms with van der Waals surface area (Å²) in [7, 11) is 1.50. The van der Waals surface area contributed by atoms with E-state index in [-0.39, 0.29) is 11.5 Å². The zero-order valence-electron chi connectivity index (χ0n) is 9.25. The second-order valence-electron chi connectivity index (χ2n) is 4.86. The fourth-order valence-electron chi connectivity index (χ4n) is 3.25. The summed E-state index contributed by atoms with van der Waals surface area (Å²) in [6.45, 7) is 6.50. The lowest BCUT2D eigenvalue weighted by molar-refractivity contribution is -0.153. The van der Waals surface area contributed by atoms with Gasteiger partial charge < -0.3 is 4.74 Å². The Kier molecular flexibility index (Phi) is 2.30. The van der Waals surface area contributed by atoms with Gasteiger partial charge in [0.1, 0.15) is 5.54 Å². The van der Waals surface area contributed by atoms with E-state index in [2.05, 4.69) is 18.7 Å². The third kappa shape index (κ3) is 1.11. The van der Waals surface area contributed by atoms with Gasteiger partial charge in [0, 0.05) is 6.54 Å². The zero-order chi connectivity index (χ0) is 10.3. The molecule has 14 heavy (non-hydrogen) atoms. The highest BCUT2D eigenvalue weighted by Crippen LogP contribution is 2.45. The number of methoxy groups -OCH3 is 1. The number of hydrogen-bond donors (Lipinski definition) is 0. The van der Waals surface area contributed by atoms with Crippen LogP contribution in [0.3, 0.4) is 0 Å². The highest BCUT2D eigenvalue weighted by molar-refractivity contribution is 5.82. The molecule has 80 valence electrons. The molecule has 2 rings (SSSR count). The second-order valence-corrected chi connectivity index (χ2v) is 4.86. The van der Waals surface area contributed by atoms with Crippen LogP contribution in [-0.4, -0.2) is 36.6 Å². The highest BCUT2D eigenvalue weighted by atomic mass is 16.5. The van der Waals surface area contributed by atoms with E-state index in [0.717, 1.165) is 25.9 Å². The molecule has 3 heteroatoms. The smallest absolute Gasteiger partial charge is 0.326 e. The first-order chi connectivity index (χ1) is 6.61. The average molecular weight is 197 g/mol. The number of esters is 1. The van der Waals surface area contributed by atoms with E-state index in [0.29, 0.717) is 11.8 Å². The molecule has 0 aromatic heterocycles. The van der Waals surface area contributed by atoms with Crippen molar-refractivity contribution in [3.8, 4) is 0 Å². The first-order valence-corrected chi connectivity index (χ1v) is 5.44. The molecule has 0 N–H and O–H groups in total. The summed E-state index contributed by atoms with van der Waals surface area (Å²) < 4.78 is 4.98. The monoisotopic (exact) mass is 197 g/mol. The third-order valence-electron chi connectivity index (χ3n) is 3.94. The van der Waals surface area contributed by atoms with Gasteiger partial charge in [0.05, 0.1) is 7.11 Å². The summed E-state index contributed by atoms with van der Waals surface area (Å²) in [6.07, 6.45) is 2.10. The van der Waals surface area contributed by atoms with E-state index in [4.69, 9.17) is 4.74 Å². The predicted molar refractivity (Wildman–Crippen MR) is 53.9 cm³/mol. The van der Waals surface area contributed by atoms with Crippen LogP contribution >= 0.6 is 0 Å². The molecule has 0 bridgehead atoms. The minimum Gasteiger partial charge on any atom is -0.468 e. The molecule has 0 saturated carbocycles. The molecule has 0 aromatic carbocycles. The van der Waals surface area contributed by atoms with Gasteiger partial charge in [-0.1, -0.05) is 13.8 Å². The highest BCUT2D eigenvalue weighted by Gasteiger charge is 2.57. The molecule has 3 unspecified atom stereocenters. The van der Waals surface area contributed by atoms with Gasteiger partial charge in [0.25, 0.3) is 0 Å². The summed E-state index contributed by atoms with van der Waals surface area (Å²) in [5.41, 5.74) is -0.284. The van der Waals surface area contributed by atoms with Crippen LogP contribution < -0.4 is 0 Å². The van der Waals surface area contributed by atoms with Crippen LogP contribution in [-0.2, 0) is 9.53 Å². The Labute approximate surface area is 85.4 Å². The number of carbonyl (C=O) groups excluding carboxylic acids is 1. The molecule has 2 fully saturated rings. The van der Waals surface area contributed by atoms with Gasteiger partial charge in [0.2, 0.25) is 0 Å². The Hall–Kier alpha value is -0.570. The molecule has 2 aliphatic rings. The number of carbonyl (C=O) groups is 1. The Morgan fingerprint density at radius 3 is 2.86 bits per heavy atom. The minimum absolute atomic E-state index is 0.0214. The van der Waals surface area contributed by atoms with Crippen LogP contribution in [0.2, 0.25) is 0 Å². The van der Waals surface area contributed by atoms with Gasteiger partial charge in [-0.15, -0.1) is 0 Å². The van der Waals surface area contributed by atoms with Crippen molar-refractivity contribution in [2.75, 3.05) is 20.2 Å². The summed E-state index contributed by atoms with van der Waals surface area (Å²) in [5, 5.41) is 0. The maximum Gasteiger partial charge on any atom is 0.326 e. The van der Waals surface area contributed by atoms with Gasteiger partial charge in [0.15, 0.2) is 0 Å². The predicted octanol–water partition coefficient (Wildman–Crippen LogP) is 1.28. The number of ether oxygens (including phenoxy) is 1. The van der Waals surface area contributed by atoms with Crippen LogP contribution in [0.1, 0.15) is 26.7 Å². The lowest BCUT2D eigenvalue weighted by Crippen LogP contribution is -2.50. The molecule has 0 aliphatic carbocycles. The minimum atomic E-state index is -0.284. The van der Waals surface area contributed by atoms with Gasteiger partial charge in [-0.2, -0.15) is 0 Å². The SMILES string of the molecule is COC(=O)C12CC(C)CN1CCC2C. The Morgan fingerprint density at radius 1 is 1.50 bits per heavy atom. The van der Waals surface area contributed by atoms with E-state index >= 15 is 0 Å². The number of fused-ring (bicyclic) bond motifs is 1. The largest absolute Gasteiger partial charge is 0.468 e. The molecular formula is C11H19NO2. The van der Waals surface area contributed by atoms with Crippen molar-refractivity contribution in [3.05, 3.63) is 0 Å². The number of nitrogens with zero attached hydrogens (tertiary/aromatic N) is 1. The zero-order valence-corrected chi connectivity index (χ0v) is 9.25. The normalized spacial score (nSPS) is 42.5. The van der Waals surface area contributed by atoms with E-state index in [1.54, 1.807) is 0 Å². The molecule has 2 aliphatic heterocycles. The van der Waals surface area contributed by atoms with Crippen molar-refractivity contribution in [2.45, 2.75) is 32.2 Å². The summed E-state index contributed by atoms with van der Waals surface area (Å²) in [5.74, 6) is 1.04. The number of rotatable bonds is 1. The standard InChI is InChI=1S/C11H19NO2/c1-8-6-11(10(13)14-3)9(2)4-5-12(11)7-8/h8-9H,4-7H2,1-3H3. The molecule has 0 spiro atoms. The van der Waals surface area contributed by atoms with Crippen molar-refractivity contribution >= 4 is 5.97 Å². The summed E-state index contributed by atoms with van der Waals surface area (Å²) >= 11 is 0. The summed E-state index contributed by atoms with van der Waals surface area (Å²) in [4.78, 5) is 14.2. The molecule has 2 saturated heterocycles. The van der Waals surface area contributed by atoms with E-state index in [1.807, 2.05) is 0 Å². The molecule has 2 heterocycles. The maximum atomic E-state index is 11.9. The van der Waals surface area contributed by atoms with Gasteiger partial charge in [-0.3, -0.25) is 9.69 Å². The number of hydrogen-bond acceptors (Lipinski definition) is 3. The molecule has 0 radical (unpaired) electrons. The van der Waals surface area contributed by atoms with Crippen LogP contribution in [0.15, 0.2) is 0 Å². The Bertz CT molecular complexity index is 254. The van der Waals surface area contributed by atoms with Gasteiger partial charge in [-0.05, 0) is 31.2 Å². The fraction of sp³-hybridized carbons (Fsp3) is 0.909. The van der Waals surface area contributed by atoms with Crippen molar-refractivity contribution in [1.29, 1.82) is 0 Å². The van der Waals surface area contributed by atoms with Crippen LogP contribution in [0.5, 0.6) is 0 Å². The quantitative estimate of drug-likeness (QED) is 0.593. The van der Waals surface area contributed by atoms with E-state index < -0.39 is 0 Å². The Morgan fingerprint density at radius 2 is 2.21 bits per heavy atom. The maximum absolute atomic E-state index is 11.9. The lowest BCUT2D eigenvalue weighted by atomic mass is 9.82.